The molecule has 4 rings (SSSR count). The van der Waals surface area contributed by atoms with E-state index < -0.39 is 11.6 Å². The van der Waals surface area contributed by atoms with E-state index in [1.165, 1.54) is 6.07 Å². The van der Waals surface area contributed by atoms with E-state index >= 15 is 0 Å². The fraction of sp³-hybridized carbons (Fsp3) is 0.294. The molecule has 2 N–H and O–H groups in total. The minimum atomic E-state index is -0.875. The van der Waals surface area contributed by atoms with Gasteiger partial charge in [0.05, 0.1) is 11.2 Å². The van der Waals surface area contributed by atoms with Crippen molar-refractivity contribution < 1.29 is 8.78 Å². The SMILES string of the molecule is Fc1ccc(-c2nc3c(C4CCNCC4)nccc3[nH]2)cc1F. The third-order valence-corrected chi connectivity index (χ3v) is 4.35. The second-order valence-electron chi connectivity index (χ2n) is 5.83. The van der Waals surface area contributed by atoms with Crippen LogP contribution in [0.5, 0.6) is 0 Å². The van der Waals surface area contributed by atoms with Gasteiger partial charge in [-0.2, -0.15) is 0 Å². The predicted octanol–water partition coefficient (Wildman–Crippen LogP) is 3.37. The normalized spacial score (nSPS) is 16.1. The van der Waals surface area contributed by atoms with Gasteiger partial charge in [-0.15, -0.1) is 0 Å². The quantitative estimate of drug-likeness (QED) is 0.762. The number of nitrogens with zero attached hydrogens (tertiary/aromatic N) is 2. The number of nitrogens with one attached hydrogen (secondary N) is 2. The van der Waals surface area contributed by atoms with Crippen LogP contribution >= 0.6 is 0 Å². The fourth-order valence-corrected chi connectivity index (χ4v) is 3.13. The van der Waals surface area contributed by atoms with Crippen LogP contribution in [-0.2, 0) is 0 Å². The molecular weight excluding hydrogens is 298 g/mol. The van der Waals surface area contributed by atoms with Crippen molar-refractivity contribution >= 4 is 11.0 Å². The van der Waals surface area contributed by atoms with Crippen molar-refractivity contribution in [1.29, 1.82) is 0 Å². The highest BCUT2D eigenvalue weighted by Crippen LogP contribution is 2.30. The van der Waals surface area contributed by atoms with E-state index in [1.807, 2.05) is 6.07 Å². The summed E-state index contributed by atoms with van der Waals surface area (Å²) in [5.41, 5.74) is 3.19. The summed E-state index contributed by atoms with van der Waals surface area (Å²) >= 11 is 0. The highest BCUT2D eigenvalue weighted by Gasteiger charge is 2.21. The van der Waals surface area contributed by atoms with E-state index in [9.17, 15) is 8.78 Å². The van der Waals surface area contributed by atoms with Crippen molar-refractivity contribution in [3.05, 3.63) is 47.8 Å². The number of aromatic nitrogens is 3. The monoisotopic (exact) mass is 314 g/mol. The van der Waals surface area contributed by atoms with Crippen LogP contribution in [0.3, 0.4) is 0 Å². The van der Waals surface area contributed by atoms with E-state index in [2.05, 4.69) is 20.3 Å². The van der Waals surface area contributed by atoms with Gasteiger partial charge in [0.2, 0.25) is 0 Å². The number of pyridine rings is 1. The number of hydrogen-bond donors (Lipinski definition) is 2. The van der Waals surface area contributed by atoms with Crippen molar-refractivity contribution in [3.63, 3.8) is 0 Å². The van der Waals surface area contributed by atoms with Gasteiger partial charge in [0.25, 0.3) is 0 Å². The molecule has 1 aromatic carbocycles. The summed E-state index contributed by atoms with van der Waals surface area (Å²) in [6, 6.07) is 5.65. The number of piperidine rings is 1. The molecule has 1 fully saturated rings. The lowest BCUT2D eigenvalue weighted by atomic mass is 9.93. The van der Waals surface area contributed by atoms with Crippen LogP contribution in [0.1, 0.15) is 24.5 Å². The first-order valence-corrected chi connectivity index (χ1v) is 7.73. The fourth-order valence-electron chi connectivity index (χ4n) is 3.13. The molecule has 0 bridgehead atoms. The van der Waals surface area contributed by atoms with Gasteiger partial charge in [-0.1, -0.05) is 0 Å². The smallest absolute Gasteiger partial charge is 0.159 e. The maximum atomic E-state index is 13.5. The van der Waals surface area contributed by atoms with E-state index in [1.54, 1.807) is 6.20 Å². The number of halogens is 2. The predicted molar refractivity (Wildman–Crippen MR) is 84.1 cm³/mol. The summed E-state index contributed by atoms with van der Waals surface area (Å²) in [5, 5.41) is 3.34. The molecule has 3 heterocycles. The van der Waals surface area contributed by atoms with Crippen LogP contribution in [0.15, 0.2) is 30.5 Å². The summed E-state index contributed by atoms with van der Waals surface area (Å²) in [5.74, 6) is -0.829. The summed E-state index contributed by atoms with van der Waals surface area (Å²) in [4.78, 5) is 12.3. The van der Waals surface area contributed by atoms with Crippen LogP contribution in [0.25, 0.3) is 22.4 Å². The van der Waals surface area contributed by atoms with Crippen molar-refractivity contribution in [2.45, 2.75) is 18.8 Å². The lowest BCUT2D eigenvalue weighted by Crippen LogP contribution is -2.27. The minimum Gasteiger partial charge on any atom is -0.338 e. The second-order valence-corrected chi connectivity index (χ2v) is 5.83. The lowest BCUT2D eigenvalue weighted by molar-refractivity contribution is 0.455. The van der Waals surface area contributed by atoms with Gasteiger partial charge in [-0.25, -0.2) is 13.8 Å². The second kappa shape index (κ2) is 5.70. The Morgan fingerprint density at radius 2 is 1.87 bits per heavy atom. The molecular formula is C17H16F2N4. The van der Waals surface area contributed by atoms with Crippen molar-refractivity contribution in [2.24, 2.45) is 0 Å². The molecule has 2 aromatic heterocycles. The lowest BCUT2D eigenvalue weighted by Gasteiger charge is -2.22. The third-order valence-electron chi connectivity index (χ3n) is 4.35. The summed E-state index contributed by atoms with van der Waals surface area (Å²) < 4.78 is 26.6. The van der Waals surface area contributed by atoms with Crippen molar-refractivity contribution in [3.8, 4) is 11.4 Å². The number of fused-ring (bicyclic) bond motifs is 1. The minimum absolute atomic E-state index is 0.376. The number of imidazole rings is 1. The van der Waals surface area contributed by atoms with Crippen LogP contribution in [0, 0.1) is 11.6 Å². The van der Waals surface area contributed by atoms with E-state index in [-0.39, 0.29) is 0 Å². The van der Waals surface area contributed by atoms with Gasteiger partial charge in [-0.05, 0) is 50.2 Å². The maximum Gasteiger partial charge on any atom is 0.159 e. The van der Waals surface area contributed by atoms with Crippen LogP contribution in [0.4, 0.5) is 8.78 Å². The first-order valence-electron chi connectivity index (χ1n) is 7.73. The van der Waals surface area contributed by atoms with Crippen LogP contribution in [-0.4, -0.2) is 28.0 Å². The van der Waals surface area contributed by atoms with Gasteiger partial charge >= 0.3 is 0 Å². The highest BCUT2D eigenvalue weighted by molar-refractivity contribution is 5.81. The van der Waals surface area contributed by atoms with Gasteiger partial charge in [0, 0.05) is 17.7 Å². The number of H-pyrrole nitrogens is 1. The molecule has 118 valence electrons. The standard InChI is InChI=1S/C17H16F2N4/c18-12-2-1-11(9-13(12)19)17-22-14-5-8-21-15(16(14)23-17)10-3-6-20-7-4-10/h1-2,5,8-10,20H,3-4,6-7H2,(H,22,23). The molecule has 1 aliphatic heterocycles. The van der Waals surface area contributed by atoms with Crippen LogP contribution < -0.4 is 5.32 Å². The van der Waals surface area contributed by atoms with Crippen molar-refractivity contribution in [1.82, 2.24) is 20.3 Å². The number of rotatable bonds is 2. The zero-order valence-corrected chi connectivity index (χ0v) is 12.4. The molecule has 0 aliphatic carbocycles. The molecule has 0 radical (unpaired) electrons. The Bertz CT molecular complexity index is 853. The summed E-state index contributed by atoms with van der Waals surface area (Å²) in [6.45, 7) is 1.95. The highest BCUT2D eigenvalue weighted by atomic mass is 19.2. The Labute approximate surface area is 132 Å². The average Bonchev–Trinajstić information content (AvgIpc) is 3.02. The third kappa shape index (κ3) is 2.59. The van der Waals surface area contributed by atoms with E-state index in [4.69, 9.17) is 0 Å². The Hall–Kier alpha value is -2.34. The Morgan fingerprint density at radius 1 is 1.04 bits per heavy atom. The van der Waals surface area contributed by atoms with E-state index in [0.717, 1.165) is 54.8 Å². The zero-order valence-electron chi connectivity index (χ0n) is 12.4. The number of aromatic amines is 1. The van der Waals surface area contributed by atoms with Crippen molar-refractivity contribution in [2.75, 3.05) is 13.1 Å². The molecule has 6 heteroatoms. The first-order chi connectivity index (χ1) is 11.2. The molecule has 0 atom stereocenters. The molecule has 0 amide bonds. The Balaban J connectivity index is 1.79. The molecule has 3 aromatic rings. The molecule has 0 unspecified atom stereocenters. The van der Waals surface area contributed by atoms with Crippen LogP contribution in [0.2, 0.25) is 0 Å². The van der Waals surface area contributed by atoms with E-state index in [0.29, 0.717) is 17.3 Å². The molecule has 1 aliphatic rings. The molecule has 0 saturated carbocycles. The number of hydrogen-bond acceptors (Lipinski definition) is 3. The first kappa shape index (κ1) is 14.3. The Morgan fingerprint density at radius 3 is 2.65 bits per heavy atom. The van der Waals surface area contributed by atoms with Gasteiger partial charge < -0.3 is 10.3 Å². The maximum absolute atomic E-state index is 13.5. The Kier molecular flexibility index (Phi) is 3.53. The summed E-state index contributed by atoms with van der Waals surface area (Å²) in [6.07, 6.45) is 3.83. The molecule has 4 nitrogen and oxygen atoms in total. The number of benzene rings is 1. The van der Waals surface area contributed by atoms with Gasteiger partial charge in [0.1, 0.15) is 11.3 Å². The van der Waals surface area contributed by atoms with Gasteiger partial charge in [0.15, 0.2) is 11.6 Å². The average molecular weight is 314 g/mol. The topological polar surface area (TPSA) is 53.6 Å². The molecule has 1 saturated heterocycles. The summed E-state index contributed by atoms with van der Waals surface area (Å²) in [7, 11) is 0. The van der Waals surface area contributed by atoms with Gasteiger partial charge in [-0.3, -0.25) is 4.98 Å². The molecule has 23 heavy (non-hydrogen) atoms. The largest absolute Gasteiger partial charge is 0.338 e. The zero-order chi connectivity index (χ0) is 15.8. The molecule has 0 spiro atoms.